The molecule has 0 amide bonds. The van der Waals surface area contributed by atoms with Crippen molar-refractivity contribution in [1.29, 1.82) is 0 Å². The molecular formula is C17H32O2. The van der Waals surface area contributed by atoms with Gasteiger partial charge in [-0.3, -0.25) is 0 Å². The third-order valence-corrected chi connectivity index (χ3v) is 2.47. The van der Waals surface area contributed by atoms with Crippen LogP contribution in [0.4, 0.5) is 0 Å². The van der Waals surface area contributed by atoms with Gasteiger partial charge in [0.15, 0.2) is 11.5 Å². The first-order valence-electron chi connectivity index (χ1n) is 7.57. The van der Waals surface area contributed by atoms with E-state index in [0.29, 0.717) is 5.92 Å². The Hall–Kier alpha value is -1.18. The van der Waals surface area contributed by atoms with Gasteiger partial charge in [0.05, 0.1) is 13.2 Å². The Balaban J connectivity index is 0. The predicted molar refractivity (Wildman–Crippen MR) is 85.0 cm³/mol. The minimum absolute atomic E-state index is 0.497. The fraction of sp³-hybridized carbons (Fsp3) is 0.647. The van der Waals surface area contributed by atoms with E-state index in [1.165, 1.54) is 0 Å². The number of ether oxygens (including phenoxy) is 2. The van der Waals surface area contributed by atoms with Gasteiger partial charge < -0.3 is 9.47 Å². The van der Waals surface area contributed by atoms with Gasteiger partial charge in [-0.05, 0) is 32.4 Å². The zero-order valence-corrected chi connectivity index (χ0v) is 13.8. The first-order valence-corrected chi connectivity index (χ1v) is 7.57. The van der Waals surface area contributed by atoms with E-state index in [1.807, 2.05) is 65.8 Å². The highest BCUT2D eigenvalue weighted by Crippen LogP contribution is 2.21. The minimum atomic E-state index is 0.497. The van der Waals surface area contributed by atoms with Gasteiger partial charge in [0, 0.05) is 5.92 Å². The first-order chi connectivity index (χ1) is 9.31. The fourth-order valence-corrected chi connectivity index (χ4v) is 1.38. The molecule has 1 saturated heterocycles. The monoisotopic (exact) mass is 268 g/mol. The Kier molecular flexibility index (Phi) is 15.8. The molecule has 1 atom stereocenters. The van der Waals surface area contributed by atoms with Gasteiger partial charge in [-0.2, -0.15) is 0 Å². The van der Waals surface area contributed by atoms with Crippen LogP contribution in [0.1, 0.15) is 54.9 Å². The van der Waals surface area contributed by atoms with E-state index in [0.717, 1.165) is 31.2 Å². The lowest BCUT2D eigenvalue weighted by Crippen LogP contribution is -2.09. The Morgan fingerprint density at radius 1 is 1.00 bits per heavy atom. The van der Waals surface area contributed by atoms with E-state index in [2.05, 4.69) is 6.92 Å². The summed E-state index contributed by atoms with van der Waals surface area (Å²) in [6.07, 6.45) is 8.94. The summed E-state index contributed by atoms with van der Waals surface area (Å²) in [6, 6.07) is 0. The van der Waals surface area contributed by atoms with Crippen molar-refractivity contribution in [3.63, 3.8) is 0 Å². The molecule has 0 radical (unpaired) electrons. The summed E-state index contributed by atoms with van der Waals surface area (Å²) < 4.78 is 11.4. The third kappa shape index (κ3) is 8.52. The van der Waals surface area contributed by atoms with Crippen molar-refractivity contribution in [3.8, 4) is 0 Å². The van der Waals surface area contributed by atoms with Crippen molar-refractivity contribution in [3.05, 3.63) is 35.8 Å². The summed E-state index contributed by atoms with van der Waals surface area (Å²) in [5, 5.41) is 0. The summed E-state index contributed by atoms with van der Waals surface area (Å²) in [4.78, 5) is 0. The summed E-state index contributed by atoms with van der Waals surface area (Å²) in [7, 11) is 0. The fourth-order valence-electron chi connectivity index (χ4n) is 1.38. The highest BCUT2D eigenvalue weighted by Gasteiger charge is 2.17. The molecule has 0 saturated carbocycles. The molecular weight excluding hydrogens is 236 g/mol. The smallest absolute Gasteiger partial charge is 0.160 e. The molecule has 2 heteroatoms. The Bertz CT molecular complexity index is 275. The van der Waals surface area contributed by atoms with Crippen LogP contribution in [0.2, 0.25) is 0 Å². The number of allylic oxidation sites excluding steroid dienone is 4. The highest BCUT2D eigenvalue weighted by atomic mass is 16.5. The number of hydrogen-bond acceptors (Lipinski definition) is 2. The molecule has 1 heterocycles. The van der Waals surface area contributed by atoms with E-state index >= 15 is 0 Å². The van der Waals surface area contributed by atoms with E-state index in [4.69, 9.17) is 9.47 Å². The lowest BCUT2D eigenvalue weighted by atomic mass is 10.1. The van der Waals surface area contributed by atoms with Crippen molar-refractivity contribution in [1.82, 2.24) is 0 Å². The molecule has 2 nitrogen and oxygen atoms in total. The Morgan fingerprint density at radius 2 is 1.53 bits per heavy atom. The maximum atomic E-state index is 5.73. The van der Waals surface area contributed by atoms with Crippen LogP contribution in [0.5, 0.6) is 0 Å². The van der Waals surface area contributed by atoms with Crippen LogP contribution in [0.25, 0.3) is 0 Å². The number of hydrogen-bond donors (Lipinski definition) is 0. The van der Waals surface area contributed by atoms with Crippen LogP contribution in [0.15, 0.2) is 35.8 Å². The Morgan fingerprint density at radius 3 is 1.95 bits per heavy atom. The van der Waals surface area contributed by atoms with E-state index in [1.54, 1.807) is 0 Å². The van der Waals surface area contributed by atoms with Crippen LogP contribution in [-0.4, -0.2) is 13.2 Å². The standard InChI is InChI=1S/C13H20O2.2C2H6/c1-4-7-8-13-12(6-3)14-9-11(5-2)10-15-13;2*1-2/h4,6-8,11H,5,9-10H2,1-3H3;2*1-2H3/b7-4-,12-6+,13-8+;;. The SMILES string of the molecule is CC.CC.C\C=C/C=C1/OCC(CC)CO/C1=C/C. The summed E-state index contributed by atoms with van der Waals surface area (Å²) in [5.74, 6) is 2.19. The lowest BCUT2D eigenvalue weighted by Gasteiger charge is -2.08. The second kappa shape index (κ2) is 14.9. The molecule has 1 unspecified atom stereocenters. The Labute approximate surface area is 120 Å². The molecule has 0 aromatic heterocycles. The van der Waals surface area contributed by atoms with Gasteiger partial charge in [-0.15, -0.1) is 0 Å². The van der Waals surface area contributed by atoms with E-state index in [-0.39, 0.29) is 0 Å². The second-order valence-corrected chi connectivity index (χ2v) is 3.61. The van der Waals surface area contributed by atoms with Gasteiger partial charge in [0.1, 0.15) is 0 Å². The van der Waals surface area contributed by atoms with Crippen molar-refractivity contribution >= 4 is 0 Å². The molecule has 1 fully saturated rings. The predicted octanol–water partition coefficient (Wildman–Crippen LogP) is 5.48. The summed E-state index contributed by atoms with van der Waals surface area (Å²) in [6.45, 7) is 15.6. The van der Waals surface area contributed by atoms with Crippen molar-refractivity contribution in [2.24, 2.45) is 5.92 Å². The average molecular weight is 268 g/mol. The van der Waals surface area contributed by atoms with Crippen molar-refractivity contribution in [2.75, 3.05) is 13.2 Å². The maximum absolute atomic E-state index is 5.73. The first kappa shape index (κ1) is 20.1. The topological polar surface area (TPSA) is 18.5 Å². The number of rotatable bonds is 2. The van der Waals surface area contributed by atoms with Gasteiger partial charge >= 0.3 is 0 Å². The molecule has 0 aliphatic carbocycles. The summed E-state index contributed by atoms with van der Waals surface area (Å²) in [5.41, 5.74) is 0. The quantitative estimate of drug-likeness (QED) is 0.660. The zero-order valence-electron chi connectivity index (χ0n) is 13.8. The van der Waals surface area contributed by atoms with Crippen LogP contribution < -0.4 is 0 Å². The third-order valence-electron chi connectivity index (χ3n) is 2.47. The molecule has 0 aromatic rings. The molecule has 1 aliphatic heterocycles. The molecule has 0 aromatic carbocycles. The maximum Gasteiger partial charge on any atom is 0.160 e. The zero-order chi connectivity index (χ0) is 15.1. The lowest BCUT2D eigenvalue weighted by molar-refractivity contribution is 0.159. The molecule has 1 aliphatic rings. The molecule has 19 heavy (non-hydrogen) atoms. The second-order valence-electron chi connectivity index (χ2n) is 3.61. The molecule has 0 N–H and O–H groups in total. The molecule has 112 valence electrons. The molecule has 0 bridgehead atoms. The highest BCUT2D eigenvalue weighted by molar-refractivity contribution is 5.24. The largest absolute Gasteiger partial charge is 0.490 e. The molecule has 0 spiro atoms. The van der Waals surface area contributed by atoms with Gasteiger partial charge in [-0.25, -0.2) is 0 Å². The van der Waals surface area contributed by atoms with E-state index in [9.17, 15) is 0 Å². The van der Waals surface area contributed by atoms with Crippen molar-refractivity contribution in [2.45, 2.75) is 54.9 Å². The van der Waals surface area contributed by atoms with Crippen LogP contribution in [-0.2, 0) is 9.47 Å². The normalized spacial score (nSPS) is 22.6. The van der Waals surface area contributed by atoms with Crippen LogP contribution in [0, 0.1) is 5.92 Å². The van der Waals surface area contributed by atoms with Crippen LogP contribution >= 0.6 is 0 Å². The van der Waals surface area contributed by atoms with Crippen molar-refractivity contribution < 1.29 is 9.47 Å². The van der Waals surface area contributed by atoms with Gasteiger partial charge in [-0.1, -0.05) is 46.8 Å². The summed E-state index contributed by atoms with van der Waals surface area (Å²) >= 11 is 0. The molecule has 1 rings (SSSR count). The average Bonchev–Trinajstić information content (AvgIpc) is 2.70. The van der Waals surface area contributed by atoms with E-state index < -0.39 is 0 Å². The van der Waals surface area contributed by atoms with Gasteiger partial charge in [0.25, 0.3) is 0 Å². The van der Waals surface area contributed by atoms with Crippen LogP contribution in [0.3, 0.4) is 0 Å². The minimum Gasteiger partial charge on any atom is -0.490 e. The van der Waals surface area contributed by atoms with Gasteiger partial charge in [0.2, 0.25) is 0 Å².